The first-order valence-corrected chi connectivity index (χ1v) is 10.9. The highest BCUT2D eigenvalue weighted by atomic mass is 32.2. The molecule has 8 heteroatoms. The van der Waals surface area contributed by atoms with Crippen LogP contribution in [-0.4, -0.2) is 20.5 Å². The Morgan fingerprint density at radius 3 is 2.35 bits per heavy atom. The van der Waals surface area contributed by atoms with Crippen molar-refractivity contribution < 1.29 is 22.0 Å². The van der Waals surface area contributed by atoms with E-state index in [0.29, 0.717) is 45.2 Å². The molecular formula is C23H19FN2O4S. The van der Waals surface area contributed by atoms with Gasteiger partial charge in [0.25, 0.3) is 0 Å². The number of benzene rings is 3. The van der Waals surface area contributed by atoms with Crippen molar-refractivity contribution in [3.8, 4) is 39.3 Å². The normalized spacial score (nSPS) is 11.5. The Morgan fingerprint density at radius 1 is 1.00 bits per heavy atom. The molecular weight excluding hydrogens is 419 g/mol. The lowest BCUT2D eigenvalue weighted by Gasteiger charge is -2.18. The van der Waals surface area contributed by atoms with Crippen molar-refractivity contribution in [2.24, 2.45) is 5.14 Å². The van der Waals surface area contributed by atoms with E-state index in [1.54, 1.807) is 49.4 Å². The van der Waals surface area contributed by atoms with Gasteiger partial charge in [-0.3, -0.25) is 0 Å². The van der Waals surface area contributed by atoms with Crippen LogP contribution in [0.3, 0.4) is 0 Å². The summed E-state index contributed by atoms with van der Waals surface area (Å²) >= 11 is 0. The highest BCUT2D eigenvalue weighted by molar-refractivity contribution is 7.89. The molecule has 0 aliphatic rings. The van der Waals surface area contributed by atoms with Crippen LogP contribution in [-0.2, 0) is 10.0 Å². The molecule has 0 fully saturated rings. The molecule has 0 aliphatic carbocycles. The zero-order valence-electron chi connectivity index (χ0n) is 16.8. The predicted molar refractivity (Wildman–Crippen MR) is 115 cm³/mol. The third kappa shape index (κ3) is 4.08. The quantitative estimate of drug-likeness (QED) is 0.484. The van der Waals surface area contributed by atoms with Gasteiger partial charge in [-0.25, -0.2) is 22.9 Å². The second-order valence-corrected chi connectivity index (χ2v) is 8.42. The number of aryl methyl sites for hydroxylation is 1. The maximum atomic E-state index is 13.5. The van der Waals surface area contributed by atoms with Crippen LogP contribution in [0.15, 0.2) is 76.2 Å². The Bertz CT molecular complexity index is 1360. The SMILES string of the molecule is COc1cccc(-c2c(S(N)(=O)=O)ccc(-c3ccc(F)cc3)c2-c2cnc(C)o2)c1. The Kier molecular flexibility index (Phi) is 5.34. The highest BCUT2D eigenvalue weighted by Crippen LogP contribution is 2.44. The molecule has 2 N–H and O–H groups in total. The average Bonchev–Trinajstić information content (AvgIpc) is 3.18. The van der Waals surface area contributed by atoms with Crippen LogP contribution in [0.25, 0.3) is 33.6 Å². The molecule has 0 amide bonds. The number of sulfonamides is 1. The lowest BCUT2D eigenvalue weighted by molar-refractivity contribution is 0.415. The second kappa shape index (κ2) is 7.98. The van der Waals surface area contributed by atoms with Gasteiger partial charge >= 0.3 is 0 Å². The highest BCUT2D eigenvalue weighted by Gasteiger charge is 2.25. The van der Waals surface area contributed by atoms with Gasteiger partial charge in [0.1, 0.15) is 11.6 Å². The van der Waals surface area contributed by atoms with Crippen LogP contribution in [0.5, 0.6) is 5.75 Å². The van der Waals surface area contributed by atoms with Crippen molar-refractivity contribution in [3.05, 3.63) is 78.6 Å². The fourth-order valence-corrected chi connectivity index (χ4v) is 4.25. The molecule has 4 rings (SSSR count). The third-order valence-electron chi connectivity index (χ3n) is 4.85. The number of nitrogens with zero attached hydrogens (tertiary/aromatic N) is 1. The molecule has 6 nitrogen and oxygen atoms in total. The van der Waals surface area contributed by atoms with Crippen molar-refractivity contribution in [1.82, 2.24) is 4.98 Å². The minimum Gasteiger partial charge on any atom is -0.497 e. The number of aromatic nitrogens is 1. The molecule has 1 aromatic heterocycles. The summed E-state index contributed by atoms with van der Waals surface area (Å²) in [5.74, 6) is 0.942. The van der Waals surface area contributed by atoms with Crippen LogP contribution in [0.4, 0.5) is 4.39 Å². The van der Waals surface area contributed by atoms with E-state index in [0.717, 1.165) is 0 Å². The lowest BCUT2D eigenvalue weighted by atomic mass is 9.90. The van der Waals surface area contributed by atoms with Gasteiger partial charge < -0.3 is 9.15 Å². The van der Waals surface area contributed by atoms with Crippen molar-refractivity contribution >= 4 is 10.0 Å². The summed E-state index contributed by atoms with van der Waals surface area (Å²) in [4.78, 5) is 4.10. The Balaban J connectivity index is 2.15. The van der Waals surface area contributed by atoms with Gasteiger partial charge in [0.15, 0.2) is 11.7 Å². The number of primary sulfonamides is 1. The number of oxazole rings is 1. The minimum absolute atomic E-state index is 0.0735. The van der Waals surface area contributed by atoms with Crippen LogP contribution < -0.4 is 9.88 Å². The van der Waals surface area contributed by atoms with Crippen molar-refractivity contribution in [2.45, 2.75) is 11.8 Å². The van der Waals surface area contributed by atoms with E-state index in [9.17, 15) is 12.8 Å². The van der Waals surface area contributed by atoms with Crippen molar-refractivity contribution in [1.29, 1.82) is 0 Å². The molecule has 0 radical (unpaired) electrons. The van der Waals surface area contributed by atoms with E-state index < -0.39 is 10.0 Å². The van der Waals surface area contributed by atoms with E-state index in [4.69, 9.17) is 14.3 Å². The summed E-state index contributed by atoms with van der Waals surface area (Å²) in [7, 11) is -2.57. The van der Waals surface area contributed by atoms with Crippen LogP contribution in [0.2, 0.25) is 0 Å². The number of hydrogen-bond acceptors (Lipinski definition) is 5. The van der Waals surface area contributed by atoms with Gasteiger partial charge in [0.2, 0.25) is 10.0 Å². The van der Waals surface area contributed by atoms with Gasteiger partial charge in [-0.1, -0.05) is 30.3 Å². The molecule has 0 atom stereocenters. The molecule has 0 spiro atoms. The first kappa shape index (κ1) is 20.8. The number of rotatable bonds is 5. The molecule has 31 heavy (non-hydrogen) atoms. The second-order valence-electron chi connectivity index (χ2n) is 6.89. The van der Waals surface area contributed by atoms with E-state index in [-0.39, 0.29) is 10.7 Å². The minimum atomic E-state index is -4.09. The van der Waals surface area contributed by atoms with Crippen molar-refractivity contribution in [2.75, 3.05) is 7.11 Å². The van der Waals surface area contributed by atoms with Crippen molar-refractivity contribution in [3.63, 3.8) is 0 Å². The smallest absolute Gasteiger partial charge is 0.238 e. The van der Waals surface area contributed by atoms with Crippen LogP contribution in [0.1, 0.15) is 5.89 Å². The van der Waals surface area contributed by atoms with Gasteiger partial charge in [-0.2, -0.15) is 0 Å². The molecule has 0 saturated carbocycles. The summed E-state index contributed by atoms with van der Waals surface area (Å²) in [5.41, 5.74) is 2.71. The summed E-state index contributed by atoms with van der Waals surface area (Å²) in [6, 6.07) is 15.9. The predicted octanol–water partition coefficient (Wildman–Crippen LogP) is 4.78. The Labute approximate surface area is 179 Å². The van der Waals surface area contributed by atoms with E-state index in [2.05, 4.69) is 4.98 Å². The molecule has 158 valence electrons. The molecule has 0 bridgehead atoms. The summed E-state index contributed by atoms with van der Waals surface area (Å²) < 4.78 is 49.7. The monoisotopic (exact) mass is 438 g/mol. The number of hydrogen-bond donors (Lipinski definition) is 1. The fraction of sp³-hybridized carbons (Fsp3) is 0.0870. The largest absolute Gasteiger partial charge is 0.497 e. The van der Waals surface area contributed by atoms with E-state index in [1.807, 2.05) is 0 Å². The summed E-state index contributed by atoms with van der Waals surface area (Å²) in [6.07, 6.45) is 1.52. The van der Waals surface area contributed by atoms with Gasteiger partial charge in [-0.15, -0.1) is 0 Å². The number of ether oxygens (including phenoxy) is 1. The van der Waals surface area contributed by atoms with Gasteiger partial charge in [-0.05, 0) is 47.0 Å². The fourth-order valence-electron chi connectivity index (χ4n) is 3.49. The standard InChI is InChI=1S/C23H19FN2O4S/c1-14-26-13-20(30-14)23-19(15-6-8-17(24)9-7-15)10-11-21(31(25,27)28)22(23)16-4-3-5-18(12-16)29-2/h3-13H,1-2H3,(H2,25,27,28). The zero-order chi connectivity index (χ0) is 22.2. The average molecular weight is 438 g/mol. The third-order valence-corrected chi connectivity index (χ3v) is 5.81. The Hall–Kier alpha value is -3.49. The number of nitrogens with two attached hydrogens (primary N) is 1. The van der Waals surface area contributed by atoms with Gasteiger partial charge in [0.05, 0.1) is 18.2 Å². The maximum absolute atomic E-state index is 13.5. The van der Waals surface area contributed by atoms with E-state index in [1.165, 1.54) is 31.5 Å². The maximum Gasteiger partial charge on any atom is 0.238 e. The lowest BCUT2D eigenvalue weighted by Crippen LogP contribution is -2.14. The van der Waals surface area contributed by atoms with E-state index >= 15 is 0 Å². The molecule has 0 saturated heterocycles. The first-order chi connectivity index (χ1) is 14.8. The molecule has 1 heterocycles. The van der Waals surface area contributed by atoms with Crippen LogP contribution in [0, 0.1) is 12.7 Å². The van der Waals surface area contributed by atoms with Crippen LogP contribution >= 0.6 is 0 Å². The number of methoxy groups -OCH3 is 1. The summed E-state index contributed by atoms with van der Waals surface area (Å²) in [6.45, 7) is 1.69. The number of halogens is 1. The first-order valence-electron chi connectivity index (χ1n) is 9.31. The molecule has 3 aromatic carbocycles. The zero-order valence-corrected chi connectivity index (χ0v) is 17.6. The Morgan fingerprint density at radius 2 is 1.74 bits per heavy atom. The van der Waals surface area contributed by atoms with Gasteiger partial charge in [0, 0.05) is 18.1 Å². The topological polar surface area (TPSA) is 95.4 Å². The summed E-state index contributed by atoms with van der Waals surface area (Å²) in [5, 5.41) is 5.57. The molecule has 0 aliphatic heterocycles. The molecule has 0 unspecified atom stereocenters. The molecule has 4 aromatic rings.